The molecule has 6 heteroatoms. The molecule has 106 valence electrons. The molecule has 1 fully saturated rings. The van der Waals surface area contributed by atoms with Crippen molar-refractivity contribution in [3.63, 3.8) is 0 Å². The van der Waals surface area contributed by atoms with Crippen LogP contribution >= 0.6 is 0 Å². The molecule has 2 rings (SSSR count). The topological polar surface area (TPSA) is 38.7 Å². The van der Waals surface area contributed by atoms with E-state index in [9.17, 15) is 18.3 Å². The average Bonchev–Trinajstić information content (AvgIpc) is 2.81. The maximum atomic E-state index is 12.4. The minimum absolute atomic E-state index is 0.128. The summed E-state index contributed by atoms with van der Waals surface area (Å²) in [6, 6.07) is 5.65. The number of alkyl halides is 3. The van der Waals surface area contributed by atoms with E-state index >= 15 is 0 Å². The zero-order valence-electron chi connectivity index (χ0n) is 10.4. The fourth-order valence-electron chi connectivity index (χ4n) is 2.30. The van der Waals surface area contributed by atoms with Gasteiger partial charge < -0.3 is 14.6 Å². The second-order valence-electron chi connectivity index (χ2n) is 4.75. The summed E-state index contributed by atoms with van der Waals surface area (Å²) in [5, 5.41) is 10.5. The van der Waals surface area contributed by atoms with E-state index in [0.717, 1.165) is 0 Å². The number of benzene rings is 1. The summed E-state index contributed by atoms with van der Waals surface area (Å²) < 4.78 is 46.2. The van der Waals surface area contributed by atoms with Crippen molar-refractivity contribution in [2.45, 2.75) is 25.3 Å². The van der Waals surface area contributed by atoms with E-state index in [1.54, 1.807) is 6.07 Å². The highest BCUT2D eigenvalue weighted by Crippen LogP contribution is 2.40. The molecule has 1 N–H and O–H groups in total. The molecule has 0 aromatic heterocycles. The Bertz CT molecular complexity index is 437. The molecule has 3 nitrogen and oxygen atoms in total. The molecule has 0 amide bonds. The van der Waals surface area contributed by atoms with Crippen LogP contribution < -0.4 is 4.74 Å². The molecule has 1 saturated heterocycles. The Morgan fingerprint density at radius 3 is 2.58 bits per heavy atom. The second-order valence-corrected chi connectivity index (χ2v) is 4.75. The van der Waals surface area contributed by atoms with Crippen LogP contribution in [0, 0.1) is 5.92 Å². The molecular weight excluding hydrogens is 261 g/mol. The van der Waals surface area contributed by atoms with Crippen molar-refractivity contribution in [2.24, 2.45) is 5.92 Å². The number of hydrogen-bond acceptors (Lipinski definition) is 3. The van der Waals surface area contributed by atoms with Crippen LogP contribution in [0.15, 0.2) is 24.3 Å². The zero-order valence-corrected chi connectivity index (χ0v) is 10.4. The Morgan fingerprint density at radius 1 is 1.32 bits per heavy atom. The van der Waals surface area contributed by atoms with Crippen LogP contribution in [-0.2, 0) is 10.3 Å². The third kappa shape index (κ3) is 3.19. The molecule has 1 aromatic rings. The molecular formula is C13H15F3O3. The Balaban J connectivity index is 2.32. The van der Waals surface area contributed by atoms with Gasteiger partial charge in [-0.05, 0) is 19.4 Å². The van der Waals surface area contributed by atoms with E-state index in [1.165, 1.54) is 25.1 Å². The van der Waals surface area contributed by atoms with Crippen molar-refractivity contribution < 1.29 is 27.8 Å². The standard InChI is InChI=1S/C13H15F3O3/c1-12(17,9-6-7-18-8-9)10-4-2-3-5-11(10)19-13(14,15)16/h2-5,9,17H,6-8H2,1H3. The maximum Gasteiger partial charge on any atom is 0.573 e. The lowest BCUT2D eigenvalue weighted by Crippen LogP contribution is -2.33. The van der Waals surface area contributed by atoms with Crippen LogP contribution in [0.25, 0.3) is 0 Å². The lowest BCUT2D eigenvalue weighted by molar-refractivity contribution is -0.275. The Kier molecular flexibility index (Phi) is 3.73. The Morgan fingerprint density at radius 2 is 2.00 bits per heavy atom. The van der Waals surface area contributed by atoms with Gasteiger partial charge in [0.15, 0.2) is 0 Å². The van der Waals surface area contributed by atoms with E-state index in [2.05, 4.69) is 4.74 Å². The van der Waals surface area contributed by atoms with Gasteiger partial charge in [0.2, 0.25) is 0 Å². The largest absolute Gasteiger partial charge is 0.573 e. The van der Waals surface area contributed by atoms with Gasteiger partial charge in [0.1, 0.15) is 5.75 Å². The number of para-hydroxylation sites is 1. The van der Waals surface area contributed by atoms with Crippen molar-refractivity contribution in [1.29, 1.82) is 0 Å². The summed E-state index contributed by atoms with van der Waals surface area (Å²) in [5.41, 5.74) is -1.29. The van der Waals surface area contributed by atoms with Crippen LogP contribution in [-0.4, -0.2) is 24.7 Å². The SMILES string of the molecule is CC(O)(c1ccccc1OC(F)(F)F)C1CCOC1. The van der Waals surface area contributed by atoms with Crippen LogP contribution in [0.3, 0.4) is 0 Å². The lowest BCUT2D eigenvalue weighted by Gasteiger charge is -2.31. The first-order chi connectivity index (χ1) is 8.81. The molecule has 0 saturated carbocycles. The predicted octanol–water partition coefficient (Wildman–Crippen LogP) is 2.83. The van der Waals surface area contributed by atoms with Crippen molar-refractivity contribution >= 4 is 0 Å². The van der Waals surface area contributed by atoms with Crippen molar-refractivity contribution in [3.05, 3.63) is 29.8 Å². The van der Waals surface area contributed by atoms with E-state index < -0.39 is 12.0 Å². The molecule has 0 aliphatic carbocycles. The highest BCUT2D eigenvalue weighted by atomic mass is 19.4. The van der Waals surface area contributed by atoms with Crippen LogP contribution in [0.4, 0.5) is 13.2 Å². The summed E-state index contributed by atoms with van der Waals surface area (Å²) >= 11 is 0. The fourth-order valence-corrected chi connectivity index (χ4v) is 2.30. The summed E-state index contributed by atoms with van der Waals surface area (Å²) in [4.78, 5) is 0. The van der Waals surface area contributed by atoms with Gasteiger partial charge in [-0.3, -0.25) is 0 Å². The molecule has 0 radical (unpaired) electrons. The van der Waals surface area contributed by atoms with Gasteiger partial charge in [-0.1, -0.05) is 18.2 Å². The van der Waals surface area contributed by atoms with E-state index in [0.29, 0.717) is 19.6 Å². The first-order valence-corrected chi connectivity index (χ1v) is 5.96. The van der Waals surface area contributed by atoms with E-state index in [-0.39, 0.29) is 17.2 Å². The number of hydrogen-bond donors (Lipinski definition) is 1. The molecule has 0 spiro atoms. The first kappa shape index (κ1) is 14.1. The molecule has 2 atom stereocenters. The summed E-state index contributed by atoms with van der Waals surface area (Å²) in [7, 11) is 0. The molecule has 2 unspecified atom stereocenters. The van der Waals surface area contributed by atoms with Crippen molar-refractivity contribution in [2.75, 3.05) is 13.2 Å². The number of ether oxygens (including phenoxy) is 2. The lowest BCUT2D eigenvalue weighted by atomic mass is 9.82. The third-order valence-electron chi connectivity index (χ3n) is 3.38. The fraction of sp³-hybridized carbons (Fsp3) is 0.538. The molecule has 19 heavy (non-hydrogen) atoms. The molecule has 1 heterocycles. The van der Waals surface area contributed by atoms with Gasteiger partial charge in [0, 0.05) is 18.1 Å². The molecule has 1 aliphatic rings. The minimum Gasteiger partial charge on any atom is -0.405 e. The van der Waals surface area contributed by atoms with Crippen molar-refractivity contribution in [1.82, 2.24) is 0 Å². The molecule has 0 bridgehead atoms. The minimum atomic E-state index is -4.78. The zero-order chi connectivity index (χ0) is 14.1. The van der Waals surface area contributed by atoms with Gasteiger partial charge in [-0.2, -0.15) is 0 Å². The number of halogens is 3. The Labute approximate surface area is 108 Å². The van der Waals surface area contributed by atoms with Crippen LogP contribution in [0.2, 0.25) is 0 Å². The summed E-state index contributed by atoms with van der Waals surface area (Å²) in [6.07, 6.45) is -4.17. The maximum absolute atomic E-state index is 12.4. The first-order valence-electron chi connectivity index (χ1n) is 5.96. The number of aliphatic hydroxyl groups is 1. The summed E-state index contributed by atoms with van der Waals surface area (Å²) in [5.74, 6) is -0.614. The van der Waals surface area contributed by atoms with Gasteiger partial charge in [0.05, 0.1) is 12.2 Å². The number of rotatable bonds is 3. The quantitative estimate of drug-likeness (QED) is 0.922. The predicted molar refractivity (Wildman–Crippen MR) is 61.6 cm³/mol. The van der Waals surface area contributed by atoms with Gasteiger partial charge in [0.25, 0.3) is 0 Å². The van der Waals surface area contributed by atoms with Gasteiger partial charge in [-0.15, -0.1) is 13.2 Å². The van der Waals surface area contributed by atoms with E-state index in [1.807, 2.05) is 0 Å². The highest BCUT2D eigenvalue weighted by Gasteiger charge is 2.40. The molecule has 1 aromatic carbocycles. The van der Waals surface area contributed by atoms with Crippen LogP contribution in [0.5, 0.6) is 5.75 Å². The summed E-state index contributed by atoms with van der Waals surface area (Å²) in [6.45, 7) is 2.32. The van der Waals surface area contributed by atoms with Gasteiger partial charge >= 0.3 is 6.36 Å². The normalized spacial score (nSPS) is 23.1. The molecule has 1 aliphatic heterocycles. The Hall–Kier alpha value is -1.27. The second kappa shape index (κ2) is 5.02. The monoisotopic (exact) mass is 276 g/mol. The smallest absolute Gasteiger partial charge is 0.405 e. The third-order valence-corrected chi connectivity index (χ3v) is 3.38. The van der Waals surface area contributed by atoms with E-state index in [4.69, 9.17) is 4.74 Å². The van der Waals surface area contributed by atoms with Gasteiger partial charge in [-0.25, -0.2) is 0 Å². The highest BCUT2D eigenvalue weighted by molar-refractivity contribution is 5.38. The van der Waals surface area contributed by atoms with Crippen molar-refractivity contribution in [3.8, 4) is 5.75 Å². The van der Waals surface area contributed by atoms with Crippen LogP contribution in [0.1, 0.15) is 18.9 Å². The average molecular weight is 276 g/mol.